The molecule has 0 radical (unpaired) electrons. The number of carbonyl (C=O) groups is 1. The summed E-state index contributed by atoms with van der Waals surface area (Å²) in [6.45, 7) is 1.10. The monoisotopic (exact) mass is 188 g/mol. The second-order valence-electron chi connectivity index (χ2n) is 1.43. The predicted octanol–water partition coefficient (Wildman–Crippen LogP) is -1.77. The summed E-state index contributed by atoms with van der Waals surface area (Å²) in [6, 6.07) is 0. The summed E-state index contributed by atoms with van der Waals surface area (Å²) < 4.78 is 31.6. The average molecular weight is 188 g/mol. The van der Waals surface area contributed by atoms with E-state index in [0.29, 0.717) is 0 Å². The molecule has 11 heavy (non-hydrogen) atoms. The van der Waals surface area contributed by atoms with Crippen LogP contribution in [0.2, 0.25) is 0 Å². The summed E-state index contributed by atoms with van der Waals surface area (Å²) in [5.74, 6) is -0.630. The molecule has 0 aliphatic carbocycles. The van der Waals surface area contributed by atoms with Gasteiger partial charge in [0, 0.05) is 0 Å². The van der Waals surface area contributed by atoms with Crippen molar-refractivity contribution in [2.45, 2.75) is 13.2 Å². The zero-order valence-electron chi connectivity index (χ0n) is 5.50. The van der Waals surface area contributed by atoms with Gasteiger partial charge in [0.15, 0.2) is 5.78 Å². The first kappa shape index (κ1) is 13.1. The van der Waals surface area contributed by atoms with Crippen LogP contribution in [0.1, 0.15) is 6.92 Å². The molecule has 0 rings (SSSR count). The van der Waals surface area contributed by atoms with E-state index in [-0.39, 0.29) is 0 Å². The summed E-state index contributed by atoms with van der Waals surface area (Å²) in [4.78, 5) is 9.64. The fraction of sp³-hybridized carbons (Fsp3) is 0.667. The molecule has 0 bridgehead atoms. The van der Waals surface area contributed by atoms with Gasteiger partial charge in [-0.05, 0) is 6.92 Å². The number of Topliss-reactive ketones (excluding diaryl/α,β-unsaturated/α-hetero) is 1. The van der Waals surface area contributed by atoms with Gasteiger partial charge in [0.25, 0.3) is 0 Å². The van der Waals surface area contributed by atoms with E-state index in [1.807, 2.05) is 0 Å². The van der Waals surface area contributed by atoms with E-state index in [9.17, 15) is 4.79 Å². The number of rotatable bonds is 1. The van der Waals surface area contributed by atoms with Crippen molar-refractivity contribution in [3.05, 3.63) is 0 Å². The number of hydrogen-bond donors (Lipinski definition) is 4. The molecule has 0 aromatic rings. The number of carbonyl (C=O) groups excluding carboxylic acids is 1. The van der Waals surface area contributed by atoms with Gasteiger partial charge >= 0.3 is 10.4 Å². The van der Waals surface area contributed by atoms with Crippen LogP contribution in [0.25, 0.3) is 0 Å². The molecule has 0 heterocycles. The van der Waals surface area contributed by atoms with Crippen LogP contribution in [0.5, 0.6) is 0 Å². The highest BCUT2D eigenvalue weighted by Crippen LogP contribution is 1.72. The summed E-state index contributed by atoms with van der Waals surface area (Å²) in [5.41, 5.74) is 0. The number of hydrogen-bond acceptors (Lipinski definition) is 5. The van der Waals surface area contributed by atoms with Crippen molar-refractivity contribution in [1.82, 2.24) is 0 Å². The average Bonchev–Trinajstić information content (AvgIpc) is 1.59. The standard InChI is InChI=1S/C3H6O3.H2O4S/c1-2(4)3(5)6;1-5(2,3)4/h3,5-6H,1H3;(H2,1,2,3,4). The van der Waals surface area contributed by atoms with Gasteiger partial charge in [-0.3, -0.25) is 13.9 Å². The molecule has 0 aromatic carbocycles. The molecular formula is C3H8O7S. The largest absolute Gasteiger partial charge is 0.394 e. The fourth-order valence-corrected chi connectivity index (χ4v) is 0. The summed E-state index contributed by atoms with van der Waals surface area (Å²) in [5, 5.41) is 15.7. The molecule has 0 atom stereocenters. The Morgan fingerprint density at radius 1 is 1.27 bits per heavy atom. The third-order valence-electron chi connectivity index (χ3n) is 0.364. The zero-order valence-corrected chi connectivity index (χ0v) is 6.32. The van der Waals surface area contributed by atoms with Gasteiger partial charge in [-0.15, -0.1) is 0 Å². The Bertz CT molecular complexity index is 194. The third kappa shape index (κ3) is 44.0. The highest BCUT2D eigenvalue weighted by atomic mass is 32.3. The Hall–Kier alpha value is -0.540. The van der Waals surface area contributed by atoms with Gasteiger partial charge < -0.3 is 10.2 Å². The lowest BCUT2D eigenvalue weighted by molar-refractivity contribution is -0.142. The predicted molar refractivity (Wildman–Crippen MR) is 33.1 cm³/mol. The Kier molecular flexibility index (Phi) is 6.13. The van der Waals surface area contributed by atoms with Crippen molar-refractivity contribution in [2.24, 2.45) is 0 Å². The first-order valence-electron chi connectivity index (χ1n) is 2.21. The number of aliphatic hydroxyl groups excluding tert-OH is 1. The van der Waals surface area contributed by atoms with Gasteiger partial charge in [0.05, 0.1) is 0 Å². The fourth-order valence-electron chi connectivity index (χ4n) is 0. The summed E-state index contributed by atoms with van der Waals surface area (Å²) >= 11 is 0. The Morgan fingerprint density at radius 2 is 1.36 bits per heavy atom. The molecule has 0 aliphatic rings. The molecule has 0 fully saturated rings. The summed E-state index contributed by atoms with van der Waals surface area (Å²) in [6.07, 6.45) is -1.79. The Labute approximate surface area is 62.9 Å². The molecule has 68 valence electrons. The van der Waals surface area contributed by atoms with Gasteiger partial charge in [-0.25, -0.2) is 0 Å². The van der Waals surface area contributed by atoms with Gasteiger partial charge in [0.1, 0.15) is 0 Å². The molecule has 0 saturated carbocycles. The minimum Gasteiger partial charge on any atom is -0.362 e. The van der Waals surface area contributed by atoms with E-state index in [2.05, 4.69) is 0 Å². The van der Waals surface area contributed by atoms with Crippen molar-refractivity contribution in [1.29, 1.82) is 0 Å². The first-order chi connectivity index (χ1) is 4.64. The van der Waals surface area contributed by atoms with Crippen molar-refractivity contribution >= 4 is 16.2 Å². The maximum Gasteiger partial charge on any atom is 0.394 e. The Balaban J connectivity index is 0. The van der Waals surface area contributed by atoms with Crippen LogP contribution >= 0.6 is 0 Å². The molecule has 4 N–H and O–H groups in total. The number of ketones is 1. The number of aliphatic hydroxyl groups is 2. The SMILES string of the molecule is CC(=O)C(O)O.O=S(=O)(O)O. The van der Waals surface area contributed by atoms with Crippen molar-refractivity contribution in [3.63, 3.8) is 0 Å². The molecule has 0 saturated heterocycles. The van der Waals surface area contributed by atoms with Crippen LogP contribution in [-0.4, -0.2) is 39.8 Å². The van der Waals surface area contributed by atoms with Crippen LogP contribution in [0.3, 0.4) is 0 Å². The van der Waals surface area contributed by atoms with Gasteiger partial charge in [-0.2, -0.15) is 8.42 Å². The summed E-state index contributed by atoms with van der Waals surface area (Å²) in [7, 11) is -4.67. The molecule has 0 amide bonds. The lowest BCUT2D eigenvalue weighted by Gasteiger charge is -1.90. The van der Waals surface area contributed by atoms with E-state index >= 15 is 0 Å². The lowest BCUT2D eigenvalue weighted by Crippen LogP contribution is -2.14. The normalized spacial score (nSPS) is 10.4. The molecular weight excluding hydrogens is 180 g/mol. The van der Waals surface area contributed by atoms with E-state index < -0.39 is 22.5 Å². The molecule has 0 aliphatic heterocycles. The maximum atomic E-state index is 9.64. The minimum absolute atomic E-state index is 0.630. The molecule has 7 nitrogen and oxygen atoms in total. The van der Waals surface area contributed by atoms with Gasteiger partial charge in [0.2, 0.25) is 6.29 Å². The van der Waals surface area contributed by atoms with Crippen molar-refractivity contribution in [3.8, 4) is 0 Å². The topological polar surface area (TPSA) is 132 Å². The smallest absolute Gasteiger partial charge is 0.362 e. The molecule has 0 unspecified atom stereocenters. The minimum atomic E-state index is -4.67. The quantitative estimate of drug-likeness (QED) is 0.283. The van der Waals surface area contributed by atoms with Crippen LogP contribution < -0.4 is 0 Å². The second kappa shape index (κ2) is 5.16. The van der Waals surface area contributed by atoms with Crippen LogP contribution in [-0.2, 0) is 15.2 Å². The van der Waals surface area contributed by atoms with Crippen molar-refractivity contribution in [2.75, 3.05) is 0 Å². The van der Waals surface area contributed by atoms with Gasteiger partial charge in [-0.1, -0.05) is 0 Å². The zero-order chi connectivity index (χ0) is 9.65. The van der Waals surface area contributed by atoms with Crippen molar-refractivity contribution < 1.29 is 32.5 Å². The third-order valence-corrected chi connectivity index (χ3v) is 0.364. The molecule has 0 aromatic heterocycles. The highest BCUT2D eigenvalue weighted by Gasteiger charge is 1.99. The second-order valence-corrected chi connectivity index (χ2v) is 2.33. The Morgan fingerprint density at radius 3 is 1.36 bits per heavy atom. The molecule has 8 heteroatoms. The van der Waals surface area contributed by atoms with Crippen LogP contribution in [0, 0.1) is 0 Å². The maximum absolute atomic E-state index is 9.64. The van der Waals surface area contributed by atoms with E-state index in [1.54, 1.807) is 0 Å². The van der Waals surface area contributed by atoms with Crippen LogP contribution in [0.15, 0.2) is 0 Å². The first-order valence-corrected chi connectivity index (χ1v) is 3.60. The highest BCUT2D eigenvalue weighted by molar-refractivity contribution is 7.79. The van der Waals surface area contributed by atoms with Crippen LogP contribution in [0.4, 0.5) is 0 Å². The van der Waals surface area contributed by atoms with E-state index in [0.717, 1.165) is 6.92 Å². The lowest BCUT2D eigenvalue weighted by atomic mass is 10.4. The van der Waals surface area contributed by atoms with E-state index in [4.69, 9.17) is 27.7 Å². The molecule has 0 spiro atoms. The van der Waals surface area contributed by atoms with E-state index in [1.165, 1.54) is 0 Å².